The first-order chi connectivity index (χ1) is 13.6. The van der Waals surface area contributed by atoms with Crippen LogP contribution in [0.15, 0.2) is 59.8 Å². The van der Waals surface area contributed by atoms with Crippen molar-refractivity contribution in [3.05, 3.63) is 66.0 Å². The number of aromatic nitrogens is 4. The molecule has 0 fully saturated rings. The zero-order valence-corrected chi connectivity index (χ0v) is 16.4. The summed E-state index contributed by atoms with van der Waals surface area (Å²) in [6, 6.07) is 17.4. The van der Waals surface area contributed by atoms with Crippen molar-refractivity contribution in [1.82, 2.24) is 19.9 Å². The van der Waals surface area contributed by atoms with Gasteiger partial charge in [-0.3, -0.25) is 4.79 Å². The molecule has 0 aliphatic carbocycles. The molecule has 0 aliphatic rings. The Morgan fingerprint density at radius 3 is 2.50 bits per heavy atom. The second-order valence-electron chi connectivity index (χ2n) is 6.42. The van der Waals surface area contributed by atoms with Crippen LogP contribution in [-0.2, 0) is 4.79 Å². The van der Waals surface area contributed by atoms with Crippen molar-refractivity contribution < 1.29 is 4.79 Å². The van der Waals surface area contributed by atoms with Gasteiger partial charge in [-0.25, -0.2) is 15.0 Å². The minimum absolute atomic E-state index is 0.115. The fraction of sp³-hybridized carbons (Fsp3) is 0.143. The van der Waals surface area contributed by atoms with Crippen LogP contribution in [0.1, 0.15) is 11.4 Å². The first-order valence-electron chi connectivity index (χ1n) is 8.87. The highest BCUT2D eigenvalue weighted by Gasteiger charge is 2.12. The lowest BCUT2D eigenvalue weighted by Crippen LogP contribution is -2.15. The molecule has 0 aliphatic heterocycles. The second kappa shape index (κ2) is 7.82. The Morgan fingerprint density at radius 2 is 1.71 bits per heavy atom. The Kier molecular flexibility index (Phi) is 5.08. The number of hydrogen-bond donors (Lipinski definition) is 2. The van der Waals surface area contributed by atoms with Crippen LogP contribution in [0, 0.1) is 13.8 Å². The second-order valence-corrected chi connectivity index (χ2v) is 7.36. The van der Waals surface area contributed by atoms with Gasteiger partial charge in [0.15, 0.2) is 5.16 Å². The fourth-order valence-corrected chi connectivity index (χ4v) is 3.70. The average molecular weight is 389 g/mol. The van der Waals surface area contributed by atoms with Crippen molar-refractivity contribution in [2.45, 2.75) is 19.0 Å². The van der Waals surface area contributed by atoms with Crippen molar-refractivity contribution in [3.63, 3.8) is 0 Å². The number of hydrogen-bond acceptors (Lipinski definition) is 5. The number of aryl methyl sites for hydroxylation is 2. The smallest absolute Gasteiger partial charge is 0.234 e. The van der Waals surface area contributed by atoms with Crippen LogP contribution < -0.4 is 5.32 Å². The molecule has 0 spiro atoms. The van der Waals surface area contributed by atoms with Crippen LogP contribution in [0.25, 0.3) is 22.4 Å². The summed E-state index contributed by atoms with van der Waals surface area (Å²) in [6.45, 7) is 3.84. The molecule has 4 aromatic rings. The van der Waals surface area contributed by atoms with Gasteiger partial charge in [-0.2, -0.15) is 0 Å². The summed E-state index contributed by atoms with van der Waals surface area (Å²) in [5.41, 5.74) is 5.20. The number of thioether (sulfide) groups is 1. The molecule has 0 atom stereocenters. The number of para-hydroxylation sites is 3. The zero-order valence-electron chi connectivity index (χ0n) is 15.6. The maximum absolute atomic E-state index is 12.5. The number of carbonyl (C=O) groups is 1. The van der Waals surface area contributed by atoms with E-state index in [1.165, 1.54) is 11.8 Å². The maximum atomic E-state index is 12.5. The molecule has 1 amide bonds. The number of fused-ring (bicyclic) bond motifs is 1. The van der Waals surface area contributed by atoms with E-state index in [1.54, 1.807) is 0 Å². The largest absolute Gasteiger partial charge is 0.338 e. The van der Waals surface area contributed by atoms with Gasteiger partial charge in [-0.15, -0.1) is 0 Å². The molecule has 6 nitrogen and oxygen atoms in total. The summed E-state index contributed by atoms with van der Waals surface area (Å²) in [5.74, 6) is 0.843. The molecule has 0 unspecified atom stereocenters. The van der Waals surface area contributed by atoms with Gasteiger partial charge in [0.2, 0.25) is 5.91 Å². The highest BCUT2D eigenvalue weighted by atomic mass is 32.2. The Hall–Kier alpha value is -3.19. The van der Waals surface area contributed by atoms with Gasteiger partial charge in [-0.1, -0.05) is 36.0 Å². The molecular formula is C21H19N5OS. The van der Waals surface area contributed by atoms with E-state index in [-0.39, 0.29) is 11.7 Å². The lowest BCUT2D eigenvalue weighted by molar-refractivity contribution is -0.113. The highest BCUT2D eigenvalue weighted by Crippen LogP contribution is 2.27. The molecule has 0 bridgehead atoms. The van der Waals surface area contributed by atoms with E-state index < -0.39 is 0 Å². The summed E-state index contributed by atoms with van der Waals surface area (Å²) in [5, 5.41) is 3.59. The van der Waals surface area contributed by atoms with Gasteiger partial charge < -0.3 is 10.3 Å². The summed E-state index contributed by atoms with van der Waals surface area (Å²) in [4.78, 5) is 29.2. The molecule has 0 saturated carbocycles. The van der Waals surface area contributed by atoms with E-state index in [0.29, 0.717) is 10.8 Å². The lowest BCUT2D eigenvalue weighted by atomic mass is 10.1. The van der Waals surface area contributed by atoms with Gasteiger partial charge >= 0.3 is 0 Å². The molecular weight excluding hydrogens is 370 g/mol. The Morgan fingerprint density at radius 1 is 1.00 bits per heavy atom. The summed E-state index contributed by atoms with van der Waals surface area (Å²) < 4.78 is 0. The van der Waals surface area contributed by atoms with Crippen LogP contribution in [0.4, 0.5) is 5.69 Å². The first kappa shape index (κ1) is 18.2. The number of aromatic amines is 1. The number of amides is 1. The van der Waals surface area contributed by atoms with Gasteiger partial charge in [-0.05, 0) is 44.2 Å². The third-order valence-corrected chi connectivity index (χ3v) is 4.99. The molecule has 2 aromatic heterocycles. The maximum Gasteiger partial charge on any atom is 0.234 e. The molecule has 2 N–H and O–H groups in total. The third-order valence-electron chi connectivity index (χ3n) is 4.14. The van der Waals surface area contributed by atoms with E-state index >= 15 is 0 Å². The van der Waals surface area contributed by atoms with E-state index in [1.807, 2.05) is 68.4 Å². The highest BCUT2D eigenvalue weighted by molar-refractivity contribution is 7.99. The lowest BCUT2D eigenvalue weighted by Gasteiger charge is -2.09. The number of benzene rings is 2. The van der Waals surface area contributed by atoms with Crippen LogP contribution in [0.5, 0.6) is 0 Å². The number of imidazole rings is 1. The van der Waals surface area contributed by atoms with E-state index in [0.717, 1.165) is 33.8 Å². The molecule has 2 aromatic carbocycles. The minimum Gasteiger partial charge on any atom is -0.338 e. The molecule has 140 valence electrons. The average Bonchev–Trinajstić information content (AvgIpc) is 3.10. The van der Waals surface area contributed by atoms with Crippen LogP contribution >= 0.6 is 11.8 Å². The van der Waals surface area contributed by atoms with Crippen molar-refractivity contribution in [2.75, 3.05) is 11.1 Å². The SMILES string of the molecule is Cc1cc(C)nc(SCC(=O)Nc2ccccc2-c2nc3ccccc3[nH]2)n1. The molecule has 0 saturated heterocycles. The van der Waals surface area contributed by atoms with Gasteiger partial charge in [0, 0.05) is 17.0 Å². The zero-order chi connectivity index (χ0) is 19.5. The number of nitrogens with one attached hydrogen (secondary N) is 2. The molecule has 0 radical (unpaired) electrons. The van der Waals surface area contributed by atoms with Crippen LogP contribution in [0.2, 0.25) is 0 Å². The summed E-state index contributed by atoms with van der Waals surface area (Å²) in [6.07, 6.45) is 0. The molecule has 28 heavy (non-hydrogen) atoms. The molecule has 7 heteroatoms. The third kappa shape index (κ3) is 4.04. The first-order valence-corrected chi connectivity index (χ1v) is 9.86. The summed E-state index contributed by atoms with van der Waals surface area (Å²) >= 11 is 1.32. The normalized spacial score (nSPS) is 10.9. The minimum atomic E-state index is -0.115. The van der Waals surface area contributed by atoms with E-state index in [2.05, 4.69) is 25.3 Å². The molecule has 4 rings (SSSR count). The Bertz CT molecular complexity index is 1100. The van der Waals surface area contributed by atoms with Crippen molar-refractivity contribution in [2.24, 2.45) is 0 Å². The Labute approximate surface area is 166 Å². The fourth-order valence-electron chi connectivity index (χ4n) is 2.95. The standard InChI is InChI=1S/C21H19N5OS/c1-13-11-14(2)23-21(22-13)28-12-19(27)24-16-8-4-3-7-15(16)20-25-17-9-5-6-10-18(17)26-20/h3-11H,12H2,1-2H3,(H,24,27)(H,25,26). The predicted octanol–water partition coefficient (Wildman–Crippen LogP) is 4.37. The number of rotatable bonds is 5. The summed E-state index contributed by atoms with van der Waals surface area (Å²) in [7, 11) is 0. The van der Waals surface area contributed by atoms with Crippen molar-refractivity contribution in [1.29, 1.82) is 0 Å². The topological polar surface area (TPSA) is 83.6 Å². The number of nitrogens with zero attached hydrogens (tertiary/aromatic N) is 3. The predicted molar refractivity (Wildman–Crippen MR) is 112 cm³/mol. The van der Waals surface area contributed by atoms with Crippen molar-refractivity contribution in [3.8, 4) is 11.4 Å². The van der Waals surface area contributed by atoms with Crippen molar-refractivity contribution >= 4 is 34.4 Å². The van der Waals surface area contributed by atoms with E-state index in [4.69, 9.17) is 0 Å². The van der Waals surface area contributed by atoms with Crippen LogP contribution in [-0.4, -0.2) is 31.6 Å². The van der Waals surface area contributed by atoms with Gasteiger partial charge in [0.05, 0.1) is 22.5 Å². The number of carbonyl (C=O) groups excluding carboxylic acids is 1. The van der Waals surface area contributed by atoms with Gasteiger partial charge in [0.25, 0.3) is 0 Å². The van der Waals surface area contributed by atoms with E-state index in [9.17, 15) is 4.79 Å². The number of anilines is 1. The van der Waals surface area contributed by atoms with Gasteiger partial charge in [0.1, 0.15) is 5.82 Å². The Balaban J connectivity index is 1.51. The molecule has 2 heterocycles. The number of H-pyrrole nitrogens is 1. The van der Waals surface area contributed by atoms with Crippen LogP contribution in [0.3, 0.4) is 0 Å². The quantitative estimate of drug-likeness (QED) is 0.391. The monoisotopic (exact) mass is 389 g/mol.